The van der Waals surface area contributed by atoms with Crippen LogP contribution in [0.5, 0.6) is 0 Å². The Morgan fingerprint density at radius 2 is 1.87 bits per heavy atom. The number of thioether (sulfide) groups is 1. The average Bonchev–Trinajstić information content (AvgIpc) is 2.57. The molecule has 0 aliphatic carbocycles. The first-order chi connectivity index (χ1) is 11.1. The smallest absolute Gasteiger partial charge is 0.331 e. The van der Waals surface area contributed by atoms with E-state index in [-0.39, 0.29) is 11.2 Å². The summed E-state index contributed by atoms with van der Waals surface area (Å²) in [6, 6.07) is 9.62. The quantitative estimate of drug-likeness (QED) is 0.350. The van der Waals surface area contributed by atoms with Crippen LogP contribution in [0, 0.1) is 0 Å². The summed E-state index contributed by atoms with van der Waals surface area (Å²) in [6.07, 6.45) is 1.38. The zero-order valence-electron chi connectivity index (χ0n) is 13.4. The summed E-state index contributed by atoms with van der Waals surface area (Å²) in [7, 11) is 3.09. The van der Waals surface area contributed by atoms with Gasteiger partial charge in [-0.2, -0.15) is 0 Å². The normalized spacial score (nSPS) is 11.1. The van der Waals surface area contributed by atoms with Gasteiger partial charge in [-0.05, 0) is 11.3 Å². The standard InChI is InChI=1S/C16H19N3O3S/c1-4-23-15-13(14(20)18(2)16(21)19(15)3)10-17-22-11-12-8-6-5-7-9-12/h5-10H,4,11H2,1-3H3/b17-10+. The minimum atomic E-state index is -0.379. The largest absolute Gasteiger partial charge is 0.391 e. The highest BCUT2D eigenvalue weighted by molar-refractivity contribution is 7.99. The van der Waals surface area contributed by atoms with Gasteiger partial charge in [-0.15, -0.1) is 11.8 Å². The van der Waals surface area contributed by atoms with Gasteiger partial charge in [0.25, 0.3) is 5.56 Å². The lowest BCUT2D eigenvalue weighted by Gasteiger charge is -2.11. The Morgan fingerprint density at radius 3 is 2.52 bits per heavy atom. The number of nitrogens with zero attached hydrogens (tertiary/aromatic N) is 3. The van der Waals surface area contributed by atoms with Crippen LogP contribution in [0.3, 0.4) is 0 Å². The molecule has 0 radical (unpaired) electrons. The van der Waals surface area contributed by atoms with Crippen LogP contribution in [0.25, 0.3) is 0 Å². The van der Waals surface area contributed by atoms with E-state index in [0.717, 1.165) is 15.9 Å². The third-order valence-corrected chi connectivity index (χ3v) is 4.31. The molecule has 0 saturated heterocycles. The predicted octanol–water partition coefficient (Wildman–Crippen LogP) is 1.75. The number of rotatable bonds is 6. The molecule has 0 N–H and O–H groups in total. The predicted molar refractivity (Wildman–Crippen MR) is 92.1 cm³/mol. The van der Waals surface area contributed by atoms with Gasteiger partial charge in [-0.3, -0.25) is 13.9 Å². The molecule has 0 spiro atoms. The SMILES string of the molecule is CCSc1c(/C=N/OCc2ccccc2)c(=O)n(C)c(=O)n1C. The third-order valence-electron chi connectivity index (χ3n) is 3.26. The molecule has 1 aromatic carbocycles. The lowest BCUT2D eigenvalue weighted by Crippen LogP contribution is -2.40. The Hall–Kier alpha value is -2.28. The molecule has 0 unspecified atom stereocenters. The molecule has 0 aliphatic rings. The fraction of sp³-hybridized carbons (Fsp3) is 0.312. The van der Waals surface area contributed by atoms with Gasteiger partial charge < -0.3 is 4.84 Å². The third kappa shape index (κ3) is 3.92. The molecule has 122 valence electrons. The first-order valence-corrected chi connectivity index (χ1v) is 8.16. The molecule has 2 aromatic rings. The van der Waals surface area contributed by atoms with Gasteiger partial charge in [0.1, 0.15) is 6.61 Å². The minimum absolute atomic E-state index is 0.319. The molecule has 0 saturated carbocycles. The molecule has 0 bridgehead atoms. The van der Waals surface area contributed by atoms with Crippen LogP contribution in [0.1, 0.15) is 18.1 Å². The van der Waals surface area contributed by atoms with Gasteiger partial charge in [0.15, 0.2) is 0 Å². The van der Waals surface area contributed by atoms with Gasteiger partial charge in [-0.25, -0.2) is 4.79 Å². The van der Waals surface area contributed by atoms with Crippen LogP contribution >= 0.6 is 11.8 Å². The van der Waals surface area contributed by atoms with Crippen LogP contribution in [0.4, 0.5) is 0 Å². The molecule has 0 amide bonds. The molecule has 2 rings (SSSR count). The monoisotopic (exact) mass is 333 g/mol. The average molecular weight is 333 g/mol. The van der Waals surface area contributed by atoms with Crippen molar-refractivity contribution in [3.05, 3.63) is 62.3 Å². The number of benzene rings is 1. The highest BCUT2D eigenvalue weighted by Crippen LogP contribution is 2.16. The van der Waals surface area contributed by atoms with Crippen LogP contribution in [0.15, 0.2) is 50.1 Å². The highest BCUT2D eigenvalue weighted by Gasteiger charge is 2.14. The maximum Gasteiger partial charge on any atom is 0.331 e. The van der Waals surface area contributed by atoms with E-state index in [1.807, 2.05) is 37.3 Å². The van der Waals surface area contributed by atoms with Crippen molar-refractivity contribution in [2.24, 2.45) is 19.3 Å². The minimum Gasteiger partial charge on any atom is -0.391 e. The molecule has 1 aromatic heterocycles. The van der Waals surface area contributed by atoms with Crippen molar-refractivity contribution in [2.75, 3.05) is 5.75 Å². The molecular formula is C16H19N3O3S. The Kier molecular flexibility index (Phi) is 5.81. The number of hydrogen-bond donors (Lipinski definition) is 0. The molecule has 0 fully saturated rings. The lowest BCUT2D eigenvalue weighted by atomic mass is 10.2. The zero-order chi connectivity index (χ0) is 16.8. The maximum atomic E-state index is 12.3. The number of oxime groups is 1. The topological polar surface area (TPSA) is 65.6 Å². The second-order valence-electron chi connectivity index (χ2n) is 4.85. The molecule has 6 nitrogen and oxygen atoms in total. The molecule has 0 atom stereocenters. The van der Waals surface area contributed by atoms with Gasteiger partial charge in [0, 0.05) is 14.1 Å². The Bertz CT molecular complexity index is 810. The second kappa shape index (κ2) is 7.82. The molecule has 23 heavy (non-hydrogen) atoms. The van der Waals surface area contributed by atoms with Crippen molar-refractivity contribution in [1.82, 2.24) is 9.13 Å². The molecular weight excluding hydrogens is 314 g/mol. The van der Waals surface area contributed by atoms with Crippen molar-refractivity contribution in [3.63, 3.8) is 0 Å². The van der Waals surface area contributed by atoms with Crippen molar-refractivity contribution in [3.8, 4) is 0 Å². The van der Waals surface area contributed by atoms with E-state index >= 15 is 0 Å². The Balaban J connectivity index is 2.26. The van der Waals surface area contributed by atoms with E-state index in [9.17, 15) is 9.59 Å². The van der Waals surface area contributed by atoms with Gasteiger partial charge in [-0.1, -0.05) is 42.4 Å². The second-order valence-corrected chi connectivity index (χ2v) is 6.10. The first kappa shape index (κ1) is 17.1. The van der Waals surface area contributed by atoms with E-state index < -0.39 is 0 Å². The Morgan fingerprint density at radius 1 is 1.17 bits per heavy atom. The van der Waals surface area contributed by atoms with Crippen LogP contribution in [0.2, 0.25) is 0 Å². The van der Waals surface area contributed by atoms with E-state index in [1.165, 1.54) is 29.6 Å². The highest BCUT2D eigenvalue weighted by atomic mass is 32.2. The fourth-order valence-electron chi connectivity index (χ4n) is 2.05. The van der Waals surface area contributed by atoms with E-state index in [0.29, 0.717) is 17.2 Å². The summed E-state index contributed by atoms with van der Waals surface area (Å²) in [5.41, 5.74) is 0.611. The van der Waals surface area contributed by atoms with Gasteiger partial charge in [0.2, 0.25) is 0 Å². The summed E-state index contributed by atoms with van der Waals surface area (Å²) in [6.45, 7) is 2.28. The zero-order valence-corrected chi connectivity index (χ0v) is 14.2. The number of aromatic nitrogens is 2. The molecule has 1 heterocycles. The van der Waals surface area contributed by atoms with Crippen molar-refractivity contribution < 1.29 is 4.84 Å². The first-order valence-electron chi connectivity index (χ1n) is 7.18. The van der Waals surface area contributed by atoms with E-state index in [4.69, 9.17) is 4.84 Å². The molecule has 7 heteroatoms. The lowest BCUT2D eigenvalue weighted by molar-refractivity contribution is 0.132. The van der Waals surface area contributed by atoms with Crippen LogP contribution in [-0.2, 0) is 25.5 Å². The van der Waals surface area contributed by atoms with Crippen LogP contribution < -0.4 is 11.2 Å². The van der Waals surface area contributed by atoms with E-state index in [1.54, 1.807) is 7.05 Å². The van der Waals surface area contributed by atoms with Crippen molar-refractivity contribution in [1.29, 1.82) is 0 Å². The van der Waals surface area contributed by atoms with Crippen LogP contribution in [-0.4, -0.2) is 21.1 Å². The van der Waals surface area contributed by atoms with E-state index in [2.05, 4.69) is 5.16 Å². The van der Waals surface area contributed by atoms with Crippen molar-refractivity contribution >= 4 is 18.0 Å². The summed E-state index contributed by atoms with van der Waals surface area (Å²) >= 11 is 1.42. The summed E-state index contributed by atoms with van der Waals surface area (Å²) < 4.78 is 2.52. The van der Waals surface area contributed by atoms with Crippen molar-refractivity contribution in [2.45, 2.75) is 18.6 Å². The fourth-order valence-corrected chi connectivity index (χ4v) is 2.89. The molecule has 0 aliphatic heterocycles. The maximum absolute atomic E-state index is 12.3. The summed E-state index contributed by atoms with van der Waals surface area (Å²) in [5.74, 6) is 0.742. The summed E-state index contributed by atoms with van der Waals surface area (Å²) in [4.78, 5) is 29.5. The van der Waals surface area contributed by atoms with Gasteiger partial charge >= 0.3 is 5.69 Å². The van der Waals surface area contributed by atoms with Gasteiger partial charge in [0.05, 0.1) is 16.8 Å². The number of hydrogen-bond acceptors (Lipinski definition) is 5. The Labute approximate surface area is 138 Å². The summed E-state index contributed by atoms with van der Waals surface area (Å²) in [5, 5.41) is 4.48.